The van der Waals surface area contributed by atoms with Gasteiger partial charge in [-0.1, -0.05) is 42.5 Å². The number of rotatable bonds is 7. The van der Waals surface area contributed by atoms with Crippen molar-refractivity contribution in [2.75, 3.05) is 33.4 Å². The Hall–Kier alpha value is -3.09. The first kappa shape index (κ1) is 21.2. The van der Waals surface area contributed by atoms with Crippen molar-refractivity contribution >= 4 is 5.91 Å². The van der Waals surface area contributed by atoms with E-state index in [1.165, 1.54) is 0 Å². The average molecular weight is 421 g/mol. The number of furan rings is 1. The molecule has 2 heterocycles. The van der Waals surface area contributed by atoms with Gasteiger partial charge >= 0.3 is 0 Å². The minimum absolute atomic E-state index is 0.243. The highest BCUT2D eigenvalue weighted by molar-refractivity contribution is 5.92. The Kier molecular flexibility index (Phi) is 6.70. The zero-order chi connectivity index (χ0) is 21.6. The van der Waals surface area contributed by atoms with Crippen LogP contribution >= 0.6 is 0 Å². The predicted octanol–water partition coefficient (Wildman–Crippen LogP) is 3.95. The van der Waals surface area contributed by atoms with Crippen LogP contribution in [0.3, 0.4) is 0 Å². The van der Waals surface area contributed by atoms with Crippen molar-refractivity contribution in [3.63, 3.8) is 0 Å². The van der Waals surface area contributed by atoms with Crippen molar-refractivity contribution in [2.45, 2.75) is 19.5 Å². The second kappa shape index (κ2) is 9.81. The minimum atomic E-state index is -0.322. The molecule has 1 amide bonds. The number of carbonyl (C=O) groups is 1. The van der Waals surface area contributed by atoms with Gasteiger partial charge in [-0.15, -0.1) is 0 Å². The van der Waals surface area contributed by atoms with E-state index in [2.05, 4.69) is 10.2 Å². The molecule has 4 rings (SSSR count). The van der Waals surface area contributed by atoms with Gasteiger partial charge in [0.25, 0.3) is 5.91 Å². The Morgan fingerprint density at radius 2 is 1.81 bits per heavy atom. The first-order chi connectivity index (χ1) is 15.1. The number of hydrogen-bond acceptors (Lipinski definition) is 5. The predicted molar refractivity (Wildman–Crippen MR) is 118 cm³/mol. The van der Waals surface area contributed by atoms with Crippen molar-refractivity contribution in [3.8, 4) is 5.75 Å². The number of aryl methyl sites for hydroxylation is 1. The highest BCUT2D eigenvalue weighted by Gasteiger charge is 2.22. The van der Waals surface area contributed by atoms with Gasteiger partial charge in [-0.2, -0.15) is 0 Å². The Labute approximate surface area is 182 Å². The van der Waals surface area contributed by atoms with Crippen molar-refractivity contribution in [3.05, 3.63) is 88.9 Å². The molecule has 1 saturated heterocycles. The maximum atomic E-state index is 13.1. The SMILES string of the molecule is COc1cccc([C@@H](NC(=O)c2cc(CN3CCOCC3)c(C)o2)c2ccccc2)c1. The summed E-state index contributed by atoms with van der Waals surface area (Å²) < 4.78 is 16.6. The van der Waals surface area contributed by atoms with E-state index in [1.54, 1.807) is 7.11 Å². The van der Waals surface area contributed by atoms with E-state index in [-0.39, 0.29) is 11.9 Å². The van der Waals surface area contributed by atoms with Crippen molar-refractivity contribution < 1.29 is 18.7 Å². The lowest BCUT2D eigenvalue weighted by Gasteiger charge is -2.26. The molecule has 0 spiro atoms. The molecule has 3 aromatic rings. The van der Waals surface area contributed by atoms with Gasteiger partial charge in [0.05, 0.1) is 26.4 Å². The average Bonchev–Trinajstić information content (AvgIpc) is 3.19. The van der Waals surface area contributed by atoms with E-state index >= 15 is 0 Å². The van der Waals surface area contributed by atoms with E-state index < -0.39 is 0 Å². The number of morpholine rings is 1. The molecule has 1 aliphatic heterocycles. The molecule has 31 heavy (non-hydrogen) atoms. The number of ether oxygens (including phenoxy) is 2. The van der Waals surface area contributed by atoms with Crippen LogP contribution in [0.2, 0.25) is 0 Å². The molecule has 1 aromatic heterocycles. The van der Waals surface area contributed by atoms with Crippen LogP contribution in [0, 0.1) is 6.92 Å². The van der Waals surface area contributed by atoms with Crippen molar-refractivity contribution in [1.29, 1.82) is 0 Å². The molecule has 0 radical (unpaired) electrons. The summed E-state index contributed by atoms with van der Waals surface area (Å²) in [6.45, 7) is 5.91. The normalized spacial score (nSPS) is 15.4. The van der Waals surface area contributed by atoms with Gasteiger partial charge in [-0.05, 0) is 36.2 Å². The Bertz CT molecular complexity index is 1010. The van der Waals surface area contributed by atoms with Crippen molar-refractivity contribution in [2.24, 2.45) is 0 Å². The molecule has 1 aliphatic rings. The number of nitrogens with one attached hydrogen (secondary N) is 1. The number of methoxy groups -OCH3 is 1. The highest BCUT2D eigenvalue weighted by Crippen LogP contribution is 2.26. The zero-order valence-corrected chi connectivity index (χ0v) is 18.0. The Morgan fingerprint density at radius 1 is 1.06 bits per heavy atom. The lowest BCUT2D eigenvalue weighted by atomic mass is 9.98. The fourth-order valence-corrected chi connectivity index (χ4v) is 3.82. The van der Waals surface area contributed by atoms with Gasteiger partial charge in [-0.3, -0.25) is 9.69 Å². The number of carbonyl (C=O) groups excluding carboxylic acids is 1. The quantitative estimate of drug-likeness (QED) is 0.627. The first-order valence-electron chi connectivity index (χ1n) is 10.5. The summed E-state index contributed by atoms with van der Waals surface area (Å²) in [6, 6.07) is 19.2. The monoisotopic (exact) mass is 420 g/mol. The molecule has 6 heteroatoms. The Morgan fingerprint density at radius 3 is 2.55 bits per heavy atom. The molecule has 1 fully saturated rings. The van der Waals surface area contributed by atoms with Gasteiger partial charge in [0.15, 0.2) is 5.76 Å². The van der Waals surface area contributed by atoms with Crippen LogP contribution in [0.15, 0.2) is 65.1 Å². The number of benzene rings is 2. The highest BCUT2D eigenvalue weighted by atomic mass is 16.5. The van der Waals surface area contributed by atoms with Gasteiger partial charge in [0.2, 0.25) is 0 Å². The van der Waals surface area contributed by atoms with Crippen LogP contribution in [0.4, 0.5) is 0 Å². The second-order valence-corrected chi connectivity index (χ2v) is 7.67. The van der Waals surface area contributed by atoms with Crippen LogP contribution in [0.25, 0.3) is 0 Å². The minimum Gasteiger partial charge on any atom is -0.497 e. The summed E-state index contributed by atoms with van der Waals surface area (Å²) >= 11 is 0. The van der Waals surface area contributed by atoms with Gasteiger partial charge in [-0.25, -0.2) is 0 Å². The molecular formula is C25H28N2O4. The van der Waals surface area contributed by atoms with Crippen molar-refractivity contribution in [1.82, 2.24) is 10.2 Å². The standard InChI is InChI=1S/C25H28N2O4/c1-18-21(17-27-11-13-30-14-12-27)16-23(31-18)25(28)26-24(19-7-4-3-5-8-19)20-9-6-10-22(15-20)29-2/h3-10,15-16,24H,11-14,17H2,1-2H3,(H,26,28)/t24-/m0/s1. The lowest BCUT2D eigenvalue weighted by molar-refractivity contribution is 0.0340. The Balaban J connectivity index is 1.55. The third-order valence-electron chi connectivity index (χ3n) is 5.58. The van der Waals surface area contributed by atoms with Crippen LogP contribution in [-0.4, -0.2) is 44.2 Å². The largest absolute Gasteiger partial charge is 0.497 e. The molecule has 2 aromatic carbocycles. The van der Waals surface area contributed by atoms with E-state index in [1.807, 2.05) is 67.6 Å². The molecule has 0 aliphatic carbocycles. The first-order valence-corrected chi connectivity index (χ1v) is 10.5. The fraction of sp³-hybridized carbons (Fsp3) is 0.320. The van der Waals surface area contributed by atoms with Gasteiger partial charge < -0.3 is 19.2 Å². The summed E-state index contributed by atoms with van der Waals surface area (Å²) in [5.41, 5.74) is 2.96. The summed E-state index contributed by atoms with van der Waals surface area (Å²) in [4.78, 5) is 15.5. The molecule has 6 nitrogen and oxygen atoms in total. The van der Waals surface area contributed by atoms with Crippen LogP contribution < -0.4 is 10.1 Å². The topological polar surface area (TPSA) is 63.9 Å². The number of amides is 1. The number of hydrogen-bond donors (Lipinski definition) is 1. The fourth-order valence-electron chi connectivity index (χ4n) is 3.82. The second-order valence-electron chi connectivity index (χ2n) is 7.67. The molecule has 1 N–H and O–H groups in total. The number of nitrogens with zero attached hydrogens (tertiary/aromatic N) is 1. The summed E-state index contributed by atoms with van der Waals surface area (Å²) in [5, 5.41) is 3.14. The maximum absolute atomic E-state index is 13.1. The molecule has 162 valence electrons. The molecule has 0 bridgehead atoms. The third kappa shape index (κ3) is 5.16. The van der Waals surface area contributed by atoms with E-state index in [9.17, 15) is 4.79 Å². The maximum Gasteiger partial charge on any atom is 0.287 e. The van der Waals surface area contributed by atoms with Gasteiger partial charge in [0, 0.05) is 25.2 Å². The van der Waals surface area contributed by atoms with Crippen LogP contribution in [0.5, 0.6) is 5.75 Å². The summed E-state index contributed by atoms with van der Waals surface area (Å²) in [6.07, 6.45) is 0. The summed E-state index contributed by atoms with van der Waals surface area (Å²) in [5.74, 6) is 1.60. The van der Waals surface area contributed by atoms with Gasteiger partial charge in [0.1, 0.15) is 11.5 Å². The van der Waals surface area contributed by atoms with E-state index in [4.69, 9.17) is 13.9 Å². The smallest absolute Gasteiger partial charge is 0.287 e. The molecule has 0 saturated carbocycles. The van der Waals surface area contributed by atoms with Crippen LogP contribution in [-0.2, 0) is 11.3 Å². The van der Waals surface area contributed by atoms with E-state index in [0.717, 1.165) is 61.0 Å². The van der Waals surface area contributed by atoms with Crippen LogP contribution in [0.1, 0.15) is 39.0 Å². The zero-order valence-electron chi connectivity index (χ0n) is 18.0. The lowest BCUT2D eigenvalue weighted by Crippen LogP contribution is -2.35. The molecular weight excluding hydrogens is 392 g/mol. The third-order valence-corrected chi connectivity index (χ3v) is 5.58. The molecule has 1 atom stereocenters. The summed E-state index contributed by atoms with van der Waals surface area (Å²) in [7, 11) is 1.64. The van der Waals surface area contributed by atoms with E-state index in [0.29, 0.717) is 5.76 Å². The molecule has 0 unspecified atom stereocenters.